The summed E-state index contributed by atoms with van der Waals surface area (Å²) in [4.78, 5) is 31.4. The Balaban J connectivity index is 1.34. The Kier molecular flexibility index (Phi) is 7.88. The number of ether oxygens (including phenoxy) is 1. The van der Waals surface area contributed by atoms with E-state index in [1.807, 2.05) is 19.9 Å². The summed E-state index contributed by atoms with van der Waals surface area (Å²) in [6.07, 6.45) is 5.03. The average Bonchev–Trinajstić information content (AvgIpc) is 3.52. The third-order valence-electron chi connectivity index (χ3n) is 7.50. The van der Waals surface area contributed by atoms with Gasteiger partial charge in [-0.1, -0.05) is 0 Å². The Morgan fingerprint density at radius 3 is 2.77 bits per heavy atom. The van der Waals surface area contributed by atoms with Crippen molar-refractivity contribution in [3.63, 3.8) is 0 Å². The molecule has 0 spiro atoms. The molecule has 0 aromatic carbocycles. The fourth-order valence-electron chi connectivity index (χ4n) is 5.76. The normalized spacial score (nSPS) is 18.8. The van der Waals surface area contributed by atoms with Crippen LogP contribution < -0.4 is 21.3 Å². The number of fused-ring (bicyclic) bond motifs is 1. The van der Waals surface area contributed by atoms with Gasteiger partial charge in [0, 0.05) is 25.5 Å². The van der Waals surface area contributed by atoms with E-state index in [0.29, 0.717) is 24.4 Å². The van der Waals surface area contributed by atoms with Crippen molar-refractivity contribution in [2.75, 3.05) is 36.4 Å². The zero-order valence-corrected chi connectivity index (χ0v) is 22.6. The first-order chi connectivity index (χ1) is 19.1. The quantitative estimate of drug-likeness (QED) is 0.380. The molecule has 4 N–H and O–H groups in total. The van der Waals surface area contributed by atoms with Crippen LogP contribution in [0.4, 0.5) is 25.1 Å². The maximum Gasteiger partial charge on any atom is 0.405 e. The van der Waals surface area contributed by atoms with E-state index in [0.717, 1.165) is 45.3 Å². The van der Waals surface area contributed by atoms with Crippen LogP contribution in [0.25, 0.3) is 5.65 Å². The van der Waals surface area contributed by atoms with Crippen LogP contribution in [-0.4, -0.2) is 68.2 Å². The number of rotatable bonds is 8. The Labute approximate surface area is 230 Å². The Morgan fingerprint density at radius 2 is 2.05 bits per heavy atom. The summed E-state index contributed by atoms with van der Waals surface area (Å²) in [5.74, 6) is 0.332. The molecule has 5 heterocycles. The molecule has 3 aromatic heterocycles. The van der Waals surface area contributed by atoms with Gasteiger partial charge in [0.05, 0.1) is 17.9 Å². The fourth-order valence-corrected chi connectivity index (χ4v) is 5.76. The van der Waals surface area contributed by atoms with Crippen molar-refractivity contribution in [1.29, 1.82) is 0 Å². The number of halogens is 2. The molecule has 2 aliphatic rings. The highest BCUT2D eigenvalue weighted by Crippen LogP contribution is 2.31. The largest absolute Gasteiger partial charge is 0.444 e. The summed E-state index contributed by atoms with van der Waals surface area (Å²) in [5, 5.41) is 14.2. The highest BCUT2D eigenvalue weighted by Gasteiger charge is 2.31. The average molecular weight is 560 g/mol. The predicted molar refractivity (Wildman–Crippen MR) is 144 cm³/mol. The van der Waals surface area contributed by atoms with E-state index < -0.39 is 29.7 Å². The molecule has 2 aliphatic heterocycles. The van der Waals surface area contributed by atoms with Gasteiger partial charge in [0.15, 0.2) is 11.3 Å². The Hall–Kier alpha value is -3.81. The molecule has 0 radical (unpaired) electrons. The molecule has 5 rings (SSSR count). The molecule has 14 heteroatoms. The molecule has 1 atom stereocenters. The topological polar surface area (TPSA) is 145 Å². The number of aromatic nitrogens is 5. The van der Waals surface area contributed by atoms with E-state index >= 15 is 0 Å². The number of hydrogen-bond donors (Lipinski definition) is 3. The lowest BCUT2D eigenvalue weighted by molar-refractivity contribution is 0.0248. The highest BCUT2D eigenvalue weighted by atomic mass is 19.3. The van der Waals surface area contributed by atoms with Crippen LogP contribution in [0.2, 0.25) is 0 Å². The first-order valence-electron chi connectivity index (χ1n) is 13.6. The third-order valence-corrected chi connectivity index (χ3v) is 7.50. The molecule has 2 saturated heterocycles. The van der Waals surface area contributed by atoms with Gasteiger partial charge in [-0.25, -0.2) is 23.1 Å². The van der Waals surface area contributed by atoms with Gasteiger partial charge in [-0.3, -0.25) is 9.48 Å². The summed E-state index contributed by atoms with van der Waals surface area (Å²) in [6, 6.07) is 1.82. The van der Waals surface area contributed by atoms with Crippen LogP contribution >= 0.6 is 0 Å². The van der Waals surface area contributed by atoms with Crippen molar-refractivity contribution < 1.29 is 23.1 Å². The number of hydrogen-bond acceptors (Lipinski definition) is 8. The van der Waals surface area contributed by atoms with Crippen molar-refractivity contribution >= 4 is 29.2 Å². The van der Waals surface area contributed by atoms with E-state index in [1.54, 1.807) is 6.20 Å². The zero-order chi connectivity index (χ0) is 28.4. The standard InChI is InChI=1S/C26H35F2N9O3/c1-26(2,40-25(29)39)12-16-4-3-10-35(14-16)20-7-11-36-23(33-20)18(13-31-36)24(38)32-19-15-37(34-21(19)22(27)28)17-5-8-30-9-6-17/h7,11,13,15-17,22,30H,3-6,8-10,12,14H2,1-2H3,(H2,29,39)(H,32,38)/t16-/m0/s1. The van der Waals surface area contributed by atoms with Gasteiger partial charge >= 0.3 is 6.09 Å². The minimum absolute atomic E-state index is 0.00750. The summed E-state index contributed by atoms with van der Waals surface area (Å²) in [6.45, 7) is 6.71. The SMILES string of the molecule is CC(C)(C[C@@H]1CCCN(c2ccn3ncc(C(=O)Nc4cn(C5CCNCC5)nc4C(F)F)c3n2)C1)OC(N)=O. The van der Waals surface area contributed by atoms with Crippen LogP contribution in [0, 0.1) is 5.92 Å². The lowest BCUT2D eigenvalue weighted by atomic mass is 9.87. The van der Waals surface area contributed by atoms with Gasteiger partial charge < -0.3 is 26.0 Å². The number of alkyl halides is 2. The molecule has 216 valence electrons. The van der Waals surface area contributed by atoms with E-state index in [1.165, 1.54) is 21.6 Å². The minimum Gasteiger partial charge on any atom is -0.444 e. The lowest BCUT2D eigenvalue weighted by Gasteiger charge is -2.37. The maximum atomic E-state index is 13.8. The number of carbonyl (C=O) groups is 2. The van der Waals surface area contributed by atoms with E-state index in [4.69, 9.17) is 15.5 Å². The maximum absolute atomic E-state index is 13.8. The van der Waals surface area contributed by atoms with Crippen molar-refractivity contribution in [1.82, 2.24) is 29.7 Å². The molecule has 0 bridgehead atoms. The number of nitrogens with zero attached hydrogens (tertiary/aromatic N) is 6. The smallest absolute Gasteiger partial charge is 0.405 e. The monoisotopic (exact) mass is 559 g/mol. The number of amides is 2. The molecule has 40 heavy (non-hydrogen) atoms. The summed E-state index contributed by atoms with van der Waals surface area (Å²) < 4.78 is 35.9. The number of carbonyl (C=O) groups excluding carboxylic acids is 2. The number of primary amides is 1. The predicted octanol–water partition coefficient (Wildman–Crippen LogP) is 3.52. The molecule has 0 unspecified atom stereocenters. The van der Waals surface area contributed by atoms with Gasteiger partial charge in [0.2, 0.25) is 0 Å². The highest BCUT2D eigenvalue weighted by molar-refractivity contribution is 6.08. The summed E-state index contributed by atoms with van der Waals surface area (Å²) in [5.41, 5.74) is 4.54. The zero-order valence-electron chi connectivity index (χ0n) is 22.6. The second-order valence-electron chi connectivity index (χ2n) is 11.1. The van der Waals surface area contributed by atoms with E-state index in [9.17, 15) is 18.4 Å². The molecule has 0 saturated carbocycles. The van der Waals surface area contributed by atoms with Gasteiger partial charge in [0.1, 0.15) is 17.0 Å². The Bertz CT molecular complexity index is 1370. The molecule has 2 fully saturated rings. The van der Waals surface area contributed by atoms with Crippen molar-refractivity contribution in [2.45, 2.75) is 64.0 Å². The molecule has 12 nitrogen and oxygen atoms in total. The van der Waals surface area contributed by atoms with Crippen LogP contribution in [0.5, 0.6) is 0 Å². The second-order valence-corrected chi connectivity index (χ2v) is 11.1. The van der Waals surface area contributed by atoms with Crippen LogP contribution in [0.3, 0.4) is 0 Å². The van der Waals surface area contributed by atoms with Crippen LogP contribution in [0.15, 0.2) is 24.7 Å². The van der Waals surface area contributed by atoms with Crippen LogP contribution in [0.1, 0.15) is 74.5 Å². The first kappa shape index (κ1) is 27.7. The molecular weight excluding hydrogens is 524 g/mol. The molecule has 3 aromatic rings. The van der Waals surface area contributed by atoms with E-state index in [-0.39, 0.29) is 23.2 Å². The fraction of sp³-hybridized carbons (Fsp3) is 0.577. The molecule has 2 amide bonds. The van der Waals surface area contributed by atoms with Gasteiger partial charge in [-0.2, -0.15) is 10.2 Å². The van der Waals surface area contributed by atoms with E-state index in [2.05, 4.69) is 25.7 Å². The Morgan fingerprint density at radius 1 is 1.27 bits per heavy atom. The van der Waals surface area contributed by atoms with Gasteiger partial charge in [-0.15, -0.1) is 0 Å². The minimum atomic E-state index is -2.84. The number of anilines is 2. The summed E-state index contributed by atoms with van der Waals surface area (Å²) in [7, 11) is 0. The number of nitrogens with two attached hydrogens (primary N) is 1. The number of nitrogens with one attached hydrogen (secondary N) is 2. The van der Waals surface area contributed by atoms with Crippen molar-refractivity contribution in [3.05, 3.63) is 35.9 Å². The van der Waals surface area contributed by atoms with Gasteiger partial charge in [0.25, 0.3) is 12.3 Å². The first-order valence-corrected chi connectivity index (χ1v) is 13.6. The van der Waals surface area contributed by atoms with Crippen LogP contribution in [-0.2, 0) is 4.74 Å². The van der Waals surface area contributed by atoms with Gasteiger partial charge in [-0.05, 0) is 71.0 Å². The lowest BCUT2D eigenvalue weighted by Crippen LogP contribution is -2.41. The second kappa shape index (κ2) is 11.4. The molecular formula is C26H35F2N9O3. The third kappa shape index (κ3) is 6.16. The number of piperidine rings is 2. The molecule has 0 aliphatic carbocycles. The van der Waals surface area contributed by atoms with Crippen molar-refractivity contribution in [3.8, 4) is 0 Å². The summed E-state index contributed by atoms with van der Waals surface area (Å²) >= 11 is 0. The van der Waals surface area contributed by atoms with Crippen molar-refractivity contribution in [2.24, 2.45) is 11.7 Å².